The van der Waals surface area contributed by atoms with E-state index in [1.54, 1.807) is 29.3 Å². The zero-order valence-electron chi connectivity index (χ0n) is 18.3. The maximum atomic E-state index is 13.1. The van der Waals surface area contributed by atoms with Gasteiger partial charge in [-0.15, -0.1) is 0 Å². The fourth-order valence-electron chi connectivity index (χ4n) is 4.47. The maximum absolute atomic E-state index is 13.1. The van der Waals surface area contributed by atoms with Gasteiger partial charge in [-0.3, -0.25) is 14.5 Å². The third-order valence-corrected chi connectivity index (χ3v) is 6.36. The fraction of sp³-hybridized carbons (Fsp3) is 0.478. The van der Waals surface area contributed by atoms with Crippen LogP contribution in [0, 0.1) is 11.7 Å². The summed E-state index contributed by atoms with van der Waals surface area (Å²) in [5.74, 6) is 0.608. The van der Waals surface area contributed by atoms with Crippen LogP contribution in [0.1, 0.15) is 24.2 Å². The SMILES string of the molecule is CN(Cc1nccc(N)n1)C1CCN(C(=O)C2CC(=O)N(CCc3ccc(F)cc3)C2)C1. The van der Waals surface area contributed by atoms with Gasteiger partial charge in [-0.05, 0) is 43.7 Å². The van der Waals surface area contributed by atoms with E-state index in [-0.39, 0.29) is 36.0 Å². The molecule has 0 saturated carbocycles. The van der Waals surface area contributed by atoms with Gasteiger partial charge in [0.1, 0.15) is 17.5 Å². The van der Waals surface area contributed by atoms with Crippen LogP contribution in [0.25, 0.3) is 0 Å². The lowest BCUT2D eigenvalue weighted by Crippen LogP contribution is -2.39. The number of nitrogen functional groups attached to an aromatic ring is 1. The molecule has 4 rings (SSSR count). The number of hydrogen-bond acceptors (Lipinski definition) is 6. The lowest BCUT2D eigenvalue weighted by molar-refractivity contribution is -0.135. The van der Waals surface area contributed by atoms with Crippen LogP contribution in [0.2, 0.25) is 0 Å². The van der Waals surface area contributed by atoms with Crippen LogP contribution < -0.4 is 5.73 Å². The molecular formula is C23H29FN6O2. The van der Waals surface area contributed by atoms with Gasteiger partial charge >= 0.3 is 0 Å². The molecule has 2 amide bonds. The third-order valence-electron chi connectivity index (χ3n) is 6.36. The first-order chi connectivity index (χ1) is 15.4. The van der Waals surface area contributed by atoms with Gasteiger partial charge in [-0.1, -0.05) is 12.1 Å². The van der Waals surface area contributed by atoms with Crippen molar-refractivity contribution in [3.63, 3.8) is 0 Å². The van der Waals surface area contributed by atoms with Crippen molar-refractivity contribution in [2.45, 2.75) is 31.8 Å². The van der Waals surface area contributed by atoms with Crippen LogP contribution in [-0.4, -0.2) is 75.8 Å². The predicted molar refractivity (Wildman–Crippen MR) is 118 cm³/mol. The number of nitrogens with zero attached hydrogens (tertiary/aromatic N) is 5. The molecule has 0 radical (unpaired) electrons. The van der Waals surface area contributed by atoms with Gasteiger partial charge in [-0.2, -0.15) is 0 Å². The Labute approximate surface area is 187 Å². The van der Waals surface area contributed by atoms with Crippen molar-refractivity contribution in [2.24, 2.45) is 5.92 Å². The maximum Gasteiger partial charge on any atom is 0.228 e. The molecule has 170 valence electrons. The van der Waals surface area contributed by atoms with Gasteiger partial charge in [-0.25, -0.2) is 14.4 Å². The number of anilines is 1. The molecule has 2 aliphatic rings. The second-order valence-electron chi connectivity index (χ2n) is 8.66. The number of carbonyl (C=O) groups excluding carboxylic acids is 2. The highest BCUT2D eigenvalue weighted by Gasteiger charge is 2.39. The number of likely N-dealkylation sites (tertiary alicyclic amines) is 2. The third kappa shape index (κ3) is 5.21. The molecule has 2 aliphatic heterocycles. The summed E-state index contributed by atoms with van der Waals surface area (Å²) in [5.41, 5.74) is 6.71. The normalized spacial score (nSPS) is 21.0. The highest BCUT2D eigenvalue weighted by Crippen LogP contribution is 2.24. The van der Waals surface area contributed by atoms with Crippen molar-refractivity contribution in [3.8, 4) is 0 Å². The second-order valence-corrected chi connectivity index (χ2v) is 8.66. The minimum Gasteiger partial charge on any atom is -0.384 e. The number of likely N-dealkylation sites (N-methyl/N-ethyl adjacent to an activating group) is 1. The molecule has 0 bridgehead atoms. The molecule has 2 N–H and O–H groups in total. The second kappa shape index (κ2) is 9.60. The Hall–Kier alpha value is -3.07. The molecular weight excluding hydrogens is 411 g/mol. The summed E-state index contributed by atoms with van der Waals surface area (Å²) in [7, 11) is 2.00. The number of aromatic nitrogens is 2. The summed E-state index contributed by atoms with van der Waals surface area (Å²) in [5, 5.41) is 0. The number of rotatable bonds is 7. The van der Waals surface area contributed by atoms with Gasteiger partial charge < -0.3 is 15.5 Å². The lowest BCUT2D eigenvalue weighted by Gasteiger charge is -2.25. The summed E-state index contributed by atoms with van der Waals surface area (Å²) in [6.45, 7) is 2.88. The highest BCUT2D eigenvalue weighted by atomic mass is 19.1. The van der Waals surface area contributed by atoms with Gasteiger partial charge in [0.15, 0.2) is 0 Å². The van der Waals surface area contributed by atoms with E-state index < -0.39 is 0 Å². The van der Waals surface area contributed by atoms with E-state index in [9.17, 15) is 14.0 Å². The van der Waals surface area contributed by atoms with Gasteiger partial charge in [0.25, 0.3) is 0 Å². The van der Waals surface area contributed by atoms with Crippen LogP contribution in [-0.2, 0) is 22.6 Å². The Morgan fingerprint density at radius 1 is 1.25 bits per heavy atom. The zero-order chi connectivity index (χ0) is 22.7. The standard InChI is InChI=1S/C23H29FN6O2/c1-28(15-21-26-9-6-20(25)27-21)19-8-11-30(14-19)23(32)17-12-22(31)29(13-17)10-7-16-2-4-18(24)5-3-16/h2-6,9,17,19H,7-8,10-15H2,1H3,(H2,25,26,27). The Kier molecular flexibility index (Phi) is 6.64. The monoisotopic (exact) mass is 440 g/mol. The fourth-order valence-corrected chi connectivity index (χ4v) is 4.47. The Balaban J connectivity index is 1.27. The summed E-state index contributed by atoms with van der Waals surface area (Å²) in [6, 6.07) is 8.18. The average molecular weight is 441 g/mol. The van der Waals surface area contributed by atoms with Crippen molar-refractivity contribution in [3.05, 3.63) is 53.7 Å². The molecule has 9 heteroatoms. The Morgan fingerprint density at radius 2 is 2.03 bits per heavy atom. The molecule has 8 nitrogen and oxygen atoms in total. The number of halogens is 1. The molecule has 2 aromatic rings. The molecule has 2 unspecified atom stereocenters. The molecule has 0 aliphatic carbocycles. The van der Waals surface area contributed by atoms with E-state index in [2.05, 4.69) is 14.9 Å². The number of amides is 2. The lowest BCUT2D eigenvalue weighted by atomic mass is 10.1. The summed E-state index contributed by atoms with van der Waals surface area (Å²) >= 11 is 0. The summed E-state index contributed by atoms with van der Waals surface area (Å²) < 4.78 is 13.1. The molecule has 3 heterocycles. The number of nitrogens with two attached hydrogens (primary N) is 1. The smallest absolute Gasteiger partial charge is 0.228 e. The van der Waals surface area contributed by atoms with Crippen molar-refractivity contribution >= 4 is 17.6 Å². The Bertz CT molecular complexity index is 969. The van der Waals surface area contributed by atoms with Gasteiger partial charge in [0, 0.05) is 44.8 Å². The number of benzene rings is 1. The van der Waals surface area contributed by atoms with E-state index in [1.807, 2.05) is 11.9 Å². The highest BCUT2D eigenvalue weighted by molar-refractivity contribution is 5.89. The van der Waals surface area contributed by atoms with E-state index in [1.165, 1.54) is 12.1 Å². The summed E-state index contributed by atoms with van der Waals surface area (Å²) in [6.07, 6.45) is 3.43. The Morgan fingerprint density at radius 3 is 2.78 bits per heavy atom. The topological polar surface area (TPSA) is 95.7 Å². The first kappa shape index (κ1) is 22.1. The van der Waals surface area contributed by atoms with Gasteiger partial charge in [0.05, 0.1) is 12.5 Å². The van der Waals surface area contributed by atoms with Crippen LogP contribution in [0.5, 0.6) is 0 Å². The van der Waals surface area contributed by atoms with Crippen molar-refractivity contribution < 1.29 is 14.0 Å². The first-order valence-electron chi connectivity index (χ1n) is 11.0. The minimum absolute atomic E-state index is 0.0112. The minimum atomic E-state index is -0.294. The molecule has 1 aromatic heterocycles. The van der Waals surface area contributed by atoms with Crippen molar-refractivity contribution in [1.29, 1.82) is 0 Å². The van der Waals surface area contributed by atoms with Crippen LogP contribution in [0.3, 0.4) is 0 Å². The van der Waals surface area contributed by atoms with Crippen molar-refractivity contribution in [1.82, 2.24) is 24.7 Å². The molecule has 32 heavy (non-hydrogen) atoms. The van der Waals surface area contributed by atoms with Gasteiger partial charge in [0.2, 0.25) is 11.8 Å². The number of hydrogen-bond donors (Lipinski definition) is 1. The molecule has 0 spiro atoms. The zero-order valence-corrected chi connectivity index (χ0v) is 18.3. The quantitative estimate of drug-likeness (QED) is 0.698. The largest absolute Gasteiger partial charge is 0.384 e. The van der Waals surface area contributed by atoms with E-state index >= 15 is 0 Å². The van der Waals surface area contributed by atoms with Crippen LogP contribution >= 0.6 is 0 Å². The van der Waals surface area contributed by atoms with E-state index in [0.717, 1.165) is 12.0 Å². The van der Waals surface area contributed by atoms with E-state index in [0.29, 0.717) is 50.8 Å². The van der Waals surface area contributed by atoms with Crippen LogP contribution in [0.15, 0.2) is 36.5 Å². The first-order valence-corrected chi connectivity index (χ1v) is 11.0. The van der Waals surface area contributed by atoms with E-state index in [4.69, 9.17) is 5.73 Å². The molecule has 1 aromatic carbocycles. The summed E-state index contributed by atoms with van der Waals surface area (Å²) in [4.78, 5) is 39.8. The average Bonchev–Trinajstić information content (AvgIpc) is 3.40. The number of carbonyl (C=O) groups is 2. The predicted octanol–water partition coefficient (Wildman–Crippen LogP) is 1.32. The molecule has 2 saturated heterocycles. The molecule has 2 fully saturated rings. The van der Waals surface area contributed by atoms with Crippen LogP contribution in [0.4, 0.5) is 10.2 Å². The molecule has 2 atom stereocenters. The van der Waals surface area contributed by atoms with Crippen molar-refractivity contribution in [2.75, 3.05) is 39.0 Å².